The number of carbonyl (C=O) groups excluding carboxylic acids is 1. The highest BCUT2D eigenvalue weighted by Gasteiger charge is 2.37. The first kappa shape index (κ1) is 14.0. The first-order valence-corrected chi connectivity index (χ1v) is 7.53. The third-order valence-corrected chi connectivity index (χ3v) is 4.63. The highest BCUT2D eigenvalue weighted by Crippen LogP contribution is 2.29. The van der Waals surface area contributed by atoms with Gasteiger partial charge >= 0.3 is 6.03 Å². The summed E-state index contributed by atoms with van der Waals surface area (Å²) < 4.78 is 5.54. The van der Waals surface area contributed by atoms with E-state index in [1.54, 1.807) is 18.2 Å². The summed E-state index contributed by atoms with van der Waals surface area (Å²) >= 11 is 11.8. The highest BCUT2D eigenvalue weighted by molar-refractivity contribution is 6.42. The Morgan fingerprint density at radius 1 is 1.20 bits per heavy atom. The second-order valence-corrected chi connectivity index (χ2v) is 6.06. The summed E-state index contributed by atoms with van der Waals surface area (Å²) in [4.78, 5) is 14.4. The number of rotatable bonds is 1. The zero-order chi connectivity index (χ0) is 14.1. The summed E-state index contributed by atoms with van der Waals surface area (Å²) in [6, 6.07) is 5.39. The van der Waals surface area contributed by atoms with Gasteiger partial charge in [-0.05, 0) is 37.5 Å². The van der Waals surface area contributed by atoms with E-state index in [4.69, 9.17) is 27.9 Å². The van der Waals surface area contributed by atoms with Crippen molar-refractivity contribution in [1.82, 2.24) is 4.90 Å². The monoisotopic (exact) mass is 314 g/mol. The predicted molar refractivity (Wildman–Crippen MR) is 79.6 cm³/mol. The number of hydrogen-bond acceptors (Lipinski definition) is 2. The van der Waals surface area contributed by atoms with Crippen LogP contribution < -0.4 is 5.32 Å². The van der Waals surface area contributed by atoms with Gasteiger partial charge in [-0.25, -0.2) is 4.79 Å². The zero-order valence-corrected chi connectivity index (χ0v) is 12.5. The molecule has 1 N–H and O–H groups in total. The Morgan fingerprint density at radius 2 is 1.90 bits per heavy atom. The number of nitrogens with one attached hydrogen (secondary N) is 1. The van der Waals surface area contributed by atoms with Crippen molar-refractivity contribution in [3.63, 3.8) is 0 Å². The van der Waals surface area contributed by atoms with Crippen molar-refractivity contribution < 1.29 is 9.53 Å². The largest absolute Gasteiger partial charge is 0.377 e. The van der Waals surface area contributed by atoms with Crippen molar-refractivity contribution in [3.05, 3.63) is 28.2 Å². The smallest absolute Gasteiger partial charge is 0.322 e. The maximum atomic E-state index is 12.5. The molecule has 20 heavy (non-hydrogen) atoms. The molecule has 0 aromatic heterocycles. The Bertz CT molecular complexity index is 502. The number of urea groups is 1. The van der Waals surface area contributed by atoms with Crippen LogP contribution in [-0.4, -0.2) is 36.2 Å². The molecular formula is C14H16Cl2N2O2. The summed E-state index contributed by atoms with van der Waals surface area (Å²) in [5.74, 6) is 0. The Balaban J connectivity index is 1.73. The lowest BCUT2D eigenvalue weighted by atomic mass is 9.95. The molecule has 3 rings (SSSR count). The molecule has 2 heterocycles. The highest BCUT2D eigenvalue weighted by atomic mass is 35.5. The summed E-state index contributed by atoms with van der Waals surface area (Å²) in [5, 5.41) is 3.81. The Morgan fingerprint density at radius 3 is 2.55 bits per heavy atom. The van der Waals surface area contributed by atoms with E-state index >= 15 is 0 Å². The molecule has 0 unspecified atom stereocenters. The molecule has 1 aromatic carbocycles. The van der Waals surface area contributed by atoms with E-state index in [2.05, 4.69) is 5.32 Å². The normalized spacial score (nSPS) is 25.4. The van der Waals surface area contributed by atoms with Crippen LogP contribution in [0.2, 0.25) is 10.0 Å². The number of fused-ring (bicyclic) bond motifs is 2. The number of morpholine rings is 1. The minimum absolute atomic E-state index is 0.0820. The number of nitrogens with zero attached hydrogens (tertiary/aromatic N) is 1. The van der Waals surface area contributed by atoms with Gasteiger partial charge in [-0.1, -0.05) is 23.2 Å². The minimum Gasteiger partial charge on any atom is -0.377 e. The molecule has 2 aliphatic heterocycles. The van der Waals surface area contributed by atoms with Crippen LogP contribution in [-0.2, 0) is 4.74 Å². The fourth-order valence-corrected chi connectivity index (χ4v) is 3.22. The van der Waals surface area contributed by atoms with Crippen LogP contribution in [0.15, 0.2) is 18.2 Å². The standard InChI is InChI=1S/C14H16Cl2N2O2/c15-12-5-4-9(6-13(12)16)17-14(19)18-10-2-1-3-11(18)8-20-7-10/h4-6,10-11H,1-3,7-8H2,(H,17,19)/t10-,11-/m0/s1. The van der Waals surface area contributed by atoms with E-state index in [-0.39, 0.29) is 18.1 Å². The van der Waals surface area contributed by atoms with Gasteiger partial charge in [0.2, 0.25) is 0 Å². The maximum absolute atomic E-state index is 12.5. The van der Waals surface area contributed by atoms with Crippen LogP contribution in [0.4, 0.5) is 10.5 Å². The number of piperidine rings is 1. The van der Waals surface area contributed by atoms with Crippen molar-refractivity contribution in [3.8, 4) is 0 Å². The van der Waals surface area contributed by atoms with Crippen LogP contribution in [0.3, 0.4) is 0 Å². The fraction of sp³-hybridized carbons (Fsp3) is 0.500. The summed E-state index contributed by atoms with van der Waals surface area (Å²) in [6.45, 7) is 1.26. The average molecular weight is 315 g/mol. The Hall–Kier alpha value is -0.970. The first-order valence-electron chi connectivity index (χ1n) is 6.77. The molecule has 0 spiro atoms. The van der Waals surface area contributed by atoms with Crippen LogP contribution in [0.25, 0.3) is 0 Å². The van der Waals surface area contributed by atoms with Gasteiger partial charge in [-0.15, -0.1) is 0 Å². The summed E-state index contributed by atoms with van der Waals surface area (Å²) in [5.41, 5.74) is 0.661. The van der Waals surface area contributed by atoms with Crippen LogP contribution in [0.5, 0.6) is 0 Å². The molecule has 2 amide bonds. The predicted octanol–water partition coefficient (Wildman–Crippen LogP) is 3.78. The van der Waals surface area contributed by atoms with E-state index in [1.165, 1.54) is 0 Å². The topological polar surface area (TPSA) is 41.6 Å². The molecule has 0 aliphatic carbocycles. The van der Waals surface area contributed by atoms with Gasteiger partial charge < -0.3 is 15.0 Å². The number of halogens is 2. The van der Waals surface area contributed by atoms with Crippen LogP contribution in [0, 0.1) is 0 Å². The summed E-state index contributed by atoms with van der Waals surface area (Å²) in [6.07, 6.45) is 3.17. The molecule has 2 atom stereocenters. The molecule has 4 nitrogen and oxygen atoms in total. The maximum Gasteiger partial charge on any atom is 0.322 e. The van der Waals surface area contributed by atoms with Crippen molar-refractivity contribution in [2.45, 2.75) is 31.3 Å². The minimum atomic E-state index is -0.0820. The fourth-order valence-electron chi connectivity index (χ4n) is 2.93. The molecule has 2 aliphatic rings. The van der Waals surface area contributed by atoms with E-state index in [0.717, 1.165) is 19.3 Å². The molecule has 1 aromatic rings. The Labute approximate surface area is 128 Å². The molecule has 2 saturated heterocycles. The second kappa shape index (κ2) is 5.80. The number of benzene rings is 1. The van der Waals surface area contributed by atoms with Gasteiger partial charge in [-0.3, -0.25) is 0 Å². The SMILES string of the molecule is O=C(Nc1ccc(Cl)c(Cl)c1)N1[C@H]2CCC[C@H]1COC2. The quantitative estimate of drug-likeness (QED) is 0.857. The van der Waals surface area contributed by atoms with Gasteiger partial charge in [-0.2, -0.15) is 0 Å². The van der Waals surface area contributed by atoms with Gasteiger partial charge in [0, 0.05) is 5.69 Å². The van der Waals surface area contributed by atoms with E-state index < -0.39 is 0 Å². The first-order chi connectivity index (χ1) is 9.65. The molecule has 2 fully saturated rings. The molecule has 0 saturated carbocycles. The van der Waals surface area contributed by atoms with Gasteiger partial charge in [0.1, 0.15) is 0 Å². The van der Waals surface area contributed by atoms with Gasteiger partial charge in [0.25, 0.3) is 0 Å². The number of amides is 2. The van der Waals surface area contributed by atoms with Crippen molar-refractivity contribution in [1.29, 1.82) is 0 Å². The number of hydrogen-bond donors (Lipinski definition) is 1. The van der Waals surface area contributed by atoms with Crippen LogP contribution in [0.1, 0.15) is 19.3 Å². The van der Waals surface area contributed by atoms with Crippen molar-refractivity contribution in [2.24, 2.45) is 0 Å². The van der Waals surface area contributed by atoms with E-state index in [9.17, 15) is 4.79 Å². The number of carbonyl (C=O) groups is 1. The van der Waals surface area contributed by atoms with Crippen molar-refractivity contribution >= 4 is 34.9 Å². The van der Waals surface area contributed by atoms with E-state index in [1.807, 2.05) is 4.90 Å². The van der Waals surface area contributed by atoms with Gasteiger partial charge in [0.15, 0.2) is 0 Å². The number of ether oxygens (including phenoxy) is 1. The third kappa shape index (κ3) is 2.73. The third-order valence-electron chi connectivity index (χ3n) is 3.89. The lowest BCUT2D eigenvalue weighted by molar-refractivity contribution is -0.0465. The summed E-state index contributed by atoms with van der Waals surface area (Å²) in [7, 11) is 0. The zero-order valence-electron chi connectivity index (χ0n) is 10.9. The molecule has 2 bridgehead atoms. The average Bonchev–Trinajstić information content (AvgIpc) is 2.42. The van der Waals surface area contributed by atoms with Gasteiger partial charge in [0.05, 0.1) is 35.3 Å². The molecular weight excluding hydrogens is 299 g/mol. The lowest BCUT2D eigenvalue weighted by Crippen LogP contribution is -2.58. The van der Waals surface area contributed by atoms with Crippen molar-refractivity contribution in [2.75, 3.05) is 18.5 Å². The molecule has 108 valence electrons. The Kier molecular flexibility index (Phi) is 4.06. The molecule has 0 radical (unpaired) electrons. The van der Waals surface area contributed by atoms with E-state index in [0.29, 0.717) is 28.9 Å². The van der Waals surface area contributed by atoms with Crippen LogP contribution >= 0.6 is 23.2 Å². The molecule has 6 heteroatoms. The second-order valence-electron chi connectivity index (χ2n) is 5.24. The number of anilines is 1. The lowest BCUT2D eigenvalue weighted by Gasteiger charge is -2.45.